The SMILES string of the molecule is Cc1sc(C)c2c1CCC(C)(C)C2(O)C1CCN(C)CC1. The summed E-state index contributed by atoms with van der Waals surface area (Å²) in [5.74, 6) is 0.399. The molecule has 1 saturated heterocycles. The maximum Gasteiger partial charge on any atom is 0.0989 e. The monoisotopic (exact) mass is 307 g/mol. The van der Waals surface area contributed by atoms with Crippen LogP contribution in [0.5, 0.6) is 0 Å². The zero-order valence-electron chi connectivity index (χ0n) is 14.1. The van der Waals surface area contributed by atoms with E-state index in [0.29, 0.717) is 5.92 Å². The third-order valence-corrected chi connectivity index (χ3v) is 7.17. The third-order valence-electron chi connectivity index (χ3n) is 6.11. The number of piperidine rings is 1. The molecule has 21 heavy (non-hydrogen) atoms. The third kappa shape index (κ3) is 2.20. The molecule has 1 atom stereocenters. The van der Waals surface area contributed by atoms with Crippen molar-refractivity contribution in [1.82, 2.24) is 4.90 Å². The molecule has 2 nitrogen and oxygen atoms in total. The van der Waals surface area contributed by atoms with Crippen molar-refractivity contribution in [3.05, 3.63) is 20.9 Å². The standard InChI is InChI=1S/C18H29NOS/c1-12-15-6-9-17(3,4)18(20,16(15)13(2)21-12)14-7-10-19(5)11-8-14/h14,20H,6-11H2,1-5H3. The average Bonchev–Trinajstić information content (AvgIpc) is 2.70. The molecular formula is C18H29NOS. The highest BCUT2D eigenvalue weighted by Gasteiger charge is 2.54. The summed E-state index contributed by atoms with van der Waals surface area (Å²) in [4.78, 5) is 5.16. The van der Waals surface area contributed by atoms with Crippen LogP contribution in [0.4, 0.5) is 0 Å². The molecule has 0 bridgehead atoms. The molecule has 0 spiro atoms. The van der Waals surface area contributed by atoms with Gasteiger partial charge in [0, 0.05) is 15.3 Å². The fourth-order valence-corrected chi connectivity index (χ4v) is 5.85. The molecule has 1 fully saturated rings. The van der Waals surface area contributed by atoms with E-state index in [-0.39, 0.29) is 5.41 Å². The summed E-state index contributed by atoms with van der Waals surface area (Å²) in [6.07, 6.45) is 4.46. The van der Waals surface area contributed by atoms with Crippen molar-refractivity contribution < 1.29 is 5.11 Å². The summed E-state index contributed by atoms with van der Waals surface area (Å²) >= 11 is 1.88. The fourth-order valence-electron chi connectivity index (χ4n) is 4.68. The van der Waals surface area contributed by atoms with Crippen molar-refractivity contribution >= 4 is 11.3 Å². The Hall–Kier alpha value is -0.380. The first-order chi connectivity index (χ1) is 9.77. The van der Waals surface area contributed by atoms with Crippen LogP contribution in [0.1, 0.15) is 54.0 Å². The number of thiophene rings is 1. The largest absolute Gasteiger partial charge is 0.384 e. The van der Waals surface area contributed by atoms with Crippen LogP contribution in [0.15, 0.2) is 0 Å². The quantitative estimate of drug-likeness (QED) is 0.851. The molecular weight excluding hydrogens is 278 g/mol. The molecule has 0 amide bonds. The summed E-state index contributed by atoms with van der Waals surface area (Å²) in [6.45, 7) is 11.2. The van der Waals surface area contributed by atoms with Crippen molar-refractivity contribution in [3.8, 4) is 0 Å². The first kappa shape index (κ1) is 15.5. The van der Waals surface area contributed by atoms with Crippen LogP contribution in [0.3, 0.4) is 0 Å². The van der Waals surface area contributed by atoms with Crippen LogP contribution in [0.25, 0.3) is 0 Å². The van der Waals surface area contributed by atoms with Gasteiger partial charge in [0.15, 0.2) is 0 Å². The van der Waals surface area contributed by atoms with Gasteiger partial charge < -0.3 is 10.0 Å². The second kappa shape index (κ2) is 5.07. The predicted octanol–water partition coefficient (Wildman–Crippen LogP) is 3.87. The van der Waals surface area contributed by atoms with Gasteiger partial charge in [-0.05, 0) is 76.6 Å². The zero-order valence-corrected chi connectivity index (χ0v) is 14.9. The van der Waals surface area contributed by atoms with Crippen molar-refractivity contribution in [1.29, 1.82) is 0 Å². The minimum atomic E-state index is -0.642. The lowest BCUT2D eigenvalue weighted by Crippen LogP contribution is -2.53. The van der Waals surface area contributed by atoms with Crippen molar-refractivity contribution in [2.75, 3.05) is 20.1 Å². The van der Waals surface area contributed by atoms with Crippen molar-refractivity contribution in [2.45, 2.75) is 59.0 Å². The molecule has 1 aromatic rings. The summed E-state index contributed by atoms with van der Waals surface area (Å²) in [7, 11) is 2.19. The van der Waals surface area contributed by atoms with E-state index in [2.05, 4.69) is 39.6 Å². The van der Waals surface area contributed by atoms with E-state index in [1.165, 1.54) is 20.9 Å². The summed E-state index contributed by atoms with van der Waals surface area (Å²) in [5, 5.41) is 11.9. The Labute approximate surface area is 133 Å². The zero-order chi connectivity index (χ0) is 15.4. The summed E-state index contributed by atoms with van der Waals surface area (Å²) < 4.78 is 0. The smallest absolute Gasteiger partial charge is 0.0989 e. The lowest BCUT2D eigenvalue weighted by atomic mass is 9.56. The van der Waals surface area contributed by atoms with Crippen molar-refractivity contribution in [3.63, 3.8) is 0 Å². The molecule has 118 valence electrons. The van der Waals surface area contributed by atoms with Gasteiger partial charge in [-0.1, -0.05) is 13.8 Å². The fraction of sp³-hybridized carbons (Fsp3) is 0.778. The second-order valence-electron chi connectivity index (χ2n) is 7.80. The Balaban J connectivity index is 2.09. The van der Waals surface area contributed by atoms with Gasteiger partial charge >= 0.3 is 0 Å². The number of aliphatic hydroxyl groups is 1. The van der Waals surface area contributed by atoms with E-state index < -0.39 is 5.60 Å². The van der Waals surface area contributed by atoms with Gasteiger partial charge in [-0.15, -0.1) is 11.3 Å². The molecule has 3 heteroatoms. The minimum Gasteiger partial charge on any atom is -0.384 e. The number of likely N-dealkylation sites (tertiary alicyclic amines) is 1. The molecule has 1 aliphatic heterocycles. The molecule has 0 saturated carbocycles. The second-order valence-corrected chi connectivity index (χ2v) is 9.22. The van der Waals surface area contributed by atoms with E-state index in [1.54, 1.807) is 0 Å². The van der Waals surface area contributed by atoms with Crippen LogP contribution in [0, 0.1) is 25.2 Å². The van der Waals surface area contributed by atoms with Crippen molar-refractivity contribution in [2.24, 2.45) is 11.3 Å². The van der Waals surface area contributed by atoms with Crippen LogP contribution < -0.4 is 0 Å². The van der Waals surface area contributed by atoms with E-state index >= 15 is 0 Å². The molecule has 2 heterocycles. The minimum absolute atomic E-state index is 0.0289. The Morgan fingerprint density at radius 1 is 1.14 bits per heavy atom. The molecule has 1 unspecified atom stereocenters. The maximum absolute atomic E-state index is 11.9. The van der Waals surface area contributed by atoms with Gasteiger partial charge in [-0.2, -0.15) is 0 Å². The van der Waals surface area contributed by atoms with E-state index in [0.717, 1.165) is 38.8 Å². The van der Waals surface area contributed by atoms with Crippen LogP contribution in [-0.2, 0) is 12.0 Å². The Morgan fingerprint density at radius 2 is 1.76 bits per heavy atom. The first-order valence-corrected chi connectivity index (χ1v) is 9.09. The van der Waals surface area contributed by atoms with Gasteiger partial charge in [-0.25, -0.2) is 0 Å². The number of hydrogen-bond donors (Lipinski definition) is 1. The highest BCUT2D eigenvalue weighted by molar-refractivity contribution is 7.12. The number of nitrogens with zero attached hydrogens (tertiary/aromatic N) is 1. The topological polar surface area (TPSA) is 23.5 Å². The lowest BCUT2D eigenvalue weighted by Gasteiger charge is -2.53. The molecule has 0 aromatic carbocycles. The number of rotatable bonds is 1. The van der Waals surface area contributed by atoms with Gasteiger partial charge in [-0.3, -0.25) is 0 Å². The van der Waals surface area contributed by atoms with E-state index in [9.17, 15) is 5.11 Å². The van der Waals surface area contributed by atoms with E-state index in [4.69, 9.17) is 0 Å². The van der Waals surface area contributed by atoms with Crippen LogP contribution in [0.2, 0.25) is 0 Å². The highest BCUT2D eigenvalue weighted by Crippen LogP contribution is 2.57. The molecule has 1 N–H and O–H groups in total. The molecule has 2 aliphatic rings. The number of fused-ring (bicyclic) bond motifs is 1. The van der Waals surface area contributed by atoms with Gasteiger partial charge in [0.05, 0.1) is 5.60 Å². The average molecular weight is 308 g/mol. The van der Waals surface area contributed by atoms with E-state index in [1.807, 2.05) is 11.3 Å². The van der Waals surface area contributed by atoms with Gasteiger partial charge in [0.1, 0.15) is 0 Å². The highest BCUT2D eigenvalue weighted by atomic mass is 32.1. The van der Waals surface area contributed by atoms with Crippen LogP contribution >= 0.6 is 11.3 Å². The predicted molar refractivity (Wildman–Crippen MR) is 90.0 cm³/mol. The Kier molecular flexibility index (Phi) is 3.75. The first-order valence-electron chi connectivity index (χ1n) is 8.27. The van der Waals surface area contributed by atoms with Crippen LogP contribution in [-0.4, -0.2) is 30.1 Å². The Morgan fingerprint density at radius 3 is 2.38 bits per heavy atom. The molecule has 3 rings (SSSR count). The number of hydrogen-bond acceptors (Lipinski definition) is 3. The lowest BCUT2D eigenvalue weighted by molar-refractivity contribution is -0.142. The number of aryl methyl sites for hydroxylation is 2. The van der Waals surface area contributed by atoms with Gasteiger partial charge in [0.25, 0.3) is 0 Å². The normalized spacial score (nSPS) is 30.4. The summed E-state index contributed by atoms with van der Waals surface area (Å²) in [5.41, 5.74) is 2.09. The van der Waals surface area contributed by atoms with Gasteiger partial charge in [0.2, 0.25) is 0 Å². The Bertz CT molecular complexity index is 540. The molecule has 1 aromatic heterocycles. The molecule has 0 radical (unpaired) electrons. The maximum atomic E-state index is 11.9. The molecule has 1 aliphatic carbocycles. The summed E-state index contributed by atoms with van der Waals surface area (Å²) in [6, 6.07) is 0.